The first-order chi connectivity index (χ1) is 12.7. The van der Waals surface area contributed by atoms with Crippen LogP contribution in [0.15, 0.2) is 30.3 Å². The Balaban J connectivity index is 1.35. The molecule has 3 N–H and O–H groups in total. The molecule has 0 unspecified atom stereocenters. The number of anilines is 1. The number of rotatable bonds is 6. The SMILES string of the molecule is O=C(CCNC(=O)NCc1ccccc1)Nc1nc2c(s1)CCCCC2. The minimum atomic E-state index is -0.275. The van der Waals surface area contributed by atoms with Crippen LogP contribution in [-0.4, -0.2) is 23.5 Å². The number of nitrogens with one attached hydrogen (secondary N) is 3. The highest BCUT2D eigenvalue weighted by Crippen LogP contribution is 2.28. The van der Waals surface area contributed by atoms with Gasteiger partial charge < -0.3 is 16.0 Å². The molecule has 7 heteroatoms. The fourth-order valence-corrected chi connectivity index (χ4v) is 3.96. The maximum absolute atomic E-state index is 12.0. The number of benzene rings is 1. The Hall–Kier alpha value is -2.41. The van der Waals surface area contributed by atoms with E-state index >= 15 is 0 Å². The largest absolute Gasteiger partial charge is 0.338 e. The molecule has 0 bridgehead atoms. The average Bonchev–Trinajstić information content (AvgIpc) is 2.89. The van der Waals surface area contributed by atoms with Crippen molar-refractivity contribution in [2.75, 3.05) is 11.9 Å². The molecule has 0 atom stereocenters. The Labute approximate surface area is 157 Å². The van der Waals surface area contributed by atoms with E-state index < -0.39 is 0 Å². The Morgan fingerprint density at radius 1 is 1.04 bits per heavy atom. The Bertz CT molecular complexity index is 722. The first-order valence-corrected chi connectivity index (χ1v) is 9.86. The molecule has 1 aliphatic carbocycles. The number of aryl methyl sites for hydroxylation is 2. The summed E-state index contributed by atoms with van der Waals surface area (Å²) in [6.45, 7) is 0.751. The summed E-state index contributed by atoms with van der Waals surface area (Å²) >= 11 is 1.58. The van der Waals surface area contributed by atoms with Crippen molar-refractivity contribution in [2.24, 2.45) is 0 Å². The summed E-state index contributed by atoms with van der Waals surface area (Å²) in [5.74, 6) is -0.128. The van der Waals surface area contributed by atoms with Gasteiger partial charge in [-0.25, -0.2) is 9.78 Å². The van der Waals surface area contributed by atoms with Crippen molar-refractivity contribution in [2.45, 2.75) is 45.1 Å². The van der Waals surface area contributed by atoms with Crippen molar-refractivity contribution in [3.63, 3.8) is 0 Å². The summed E-state index contributed by atoms with van der Waals surface area (Å²) in [6.07, 6.45) is 5.92. The van der Waals surface area contributed by atoms with E-state index in [9.17, 15) is 9.59 Å². The summed E-state index contributed by atoms with van der Waals surface area (Å²) in [5.41, 5.74) is 2.17. The van der Waals surface area contributed by atoms with Gasteiger partial charge in [-0.05, 0) is 31.2 Å². The normalized spacial score (nSPS) is 13.4. The average molecular weight is 372 g/mol. The molecule has 1 aromatic carbocycles. The van der Waals surface area contributed by atoms with E-state index in [4.69, 9.17) is 0 Å². The summed E-state index contributed by atoms with van der Waals surface area (Å²) in [5, 5.41) is 8.99. The van der Waals surface area contributed by atoms with Gasteiger partial charge in [-0.2, -0.15) is 0 Å². The van der Waals surface area contributed by atoms with Gasteiger partial charge in [0.1, 0.15) is 0 Å². The van der Waals surface area contributed by atoms with Gasteiger partial charge in [-0.15, -0.1) is 11.3 Å². The lowest BCUT2D eigenvalue weighted by Gasteiger charge is -2.07. The minimum absolute atomic E-state index is 0.128. The van der Waals surface area contributed by atoms with Gasteiger partial charge >= 0.3 is 6.03 Å². The van der Waals surface area contributed by atoms with Crippen LogP contribution in [0.3, 0.4) is 0 Å². The van der Waals surface area contributed by atoms with Crippen LogP contribution >= 0.6 is 11.3 Å². The number of hydrogen-bond acceptors (Lipinski definition) is 4. The molecule has 0 saturated carbocycles. The maximum atomic E-state index is 12.0. The standard InChI is InChI=1S/C19H24N4O2S/c24-17(23-19-22-15-9-5-2-6-10-16(15)26-19)11-12-20-18(25)21-13-14-7-3-1-4-8-14/h1,3-4,7-8H,2,5-6,9-13H2,(H2,20,21,25)(H,22,23,24). The van der Waals surface area contributed by atoms with Gasteiger partial charge in [-0.1, -0.05) is 36.8 Å². The maximum Gasteiger partial charge on any atom is 0.315 e. The summed E-state index contributed by atoms with van der Waals surface area (Å²) in [7, 11) is 0. The molecular formula is C19H24N4O2S. The molecule has 6 nitrogen and oxygen atoms in total. The number of hydrogen-bond donors (Lipinski definition) is 3. The van der Waals surface area contributed by atoms with Gasteiger partial charge in [0.25, 0.3) is 0 Å². The predicted molar refractivity (Wildman–Crippen MR) is 103 cm³/mol. The smallest absolute Gasteiger partial charge is 0.315 e. The fraction of sp³-hybridized carbons (Fsp3) is 0.421. The van der Waals surface area contributed by atoms with Gasteiger partial charge in [0.05, 0.1) is 5.69 Å². The van der Waals surface area contributed by atoms with Crippen LogP contribution in [0.5, 0.6) is 0 Å². The molecule has 0 saturated heterocycles. The number of thiazole rings is 1. The molecule has 1 heterocycles. The number of aromatic nitrogens is 1. The number of nitrogens with zero attached hydrogens (tertiary/aromatic N) is 1. The molecule has 0 radical (unpaired) electrons. The lowest BCUT2D eigenvalue weighted by Crippen LogP contribution is -2.36. The molecule has 26 heavy (non-hydrogen) atoms. The number of amides is 3. The van der Waals surface area contributed by atoms with E-state index in [-0.39, 0.29) is 24.9 Å². The lowest BCUT2D eigenvalue weighted by molar-refractivity contribution is -0.116. The zero-order valence-corrected chi connectivity index (χ0v) is 15.5. The Morgan fingerprint density at radius 3 is 2.69 bits per heavy atom. The Morgan fingerprint density at radius 2 is 1.85 bits per heavy atom. The van der Waals surface area contributed by atoms with E-state index in [1.165, 1.54) is 24.1 Å². The van der Waals surface area contributed by atoms with Crippen LogP contribution in [0.4, 0.5) is 9.93 Å². The highest BCUT2D eigenvalue weighted by molar-refractivity contribution is 7.15. The number of urea groups is 1. The van der Waals surface area contributed by atoms with Gasteiger partial charge in [-0.3, -0.25) is 4.79 Å². The monoisotopic (exact) mass is 372 g/mol. The second-order valence-electron chi connectivity index (χ2n) is 6.34. The second-order valence-corrected chi connectivity index (χ2v) is 7.43. The van der Waals surface area contributed by atoms with E-state index in [1.807, 2.05) is 30.3 Å². The van der Waals surface area contributed by atoms with Crippen LogP contribution in [0.2, 0.25) is 0 Å². The molecule has 3 amide bonds. The lowest BCUT2D eigenvalue weighted by atomic mass is 10.2. The first kappa shape index (κ1) is 18.4. The van der Waals surface area contributed by atoms with Crippen molar-refractivity contribution in [1.82, 2.24) is 15.6 Å². The summed E-state index contributed by atoms with van der Waals surface area (Å²) < 4.78 is 0. The van der Waals surface area contributed by atoms with Crippen molar-refractivity contribution < 1.29 is 9.59 Å². The quantitative estimate of drug-likeness (QED) is 0.681. The molecule has 0 fully saturated rings. The number of fused-ring (bicyclic) bond motifs is 1. The zero-order chi connectivity index (χ0) is 18.2. The van der Waals surface area contributed by atoms with Crippen molar-refractivity contribution in [3.8, 4) is 0 Å². The van der Waals surface area contributed by atoms with E-state index in [0.717, 1.165) is 24.1 Å². The van der Waals surface area contributed by atoms with Crippen LogP contribution in [-0.2, 0) is 24.2 Å². The van der Waals surface area contributed by atoms with Crippen LogP contribution in [0, 0.1) is 0 Å². The van der Waals surface area contributed by atoms with E-state index in [0.29, 0.717) is 11.7 Å². The molecule has 138 valence electrons. The molecule has 3 rings (SSSR count). The van der Waals surface area contributed by atoms with Crippen LogP contribution in [0.1, 0.15) is 41.8 Å². The number of carbonyl (C=O) groups is 2. The highest BCUT2D eigenvalue weighted by Gasteiger charge is 2.15. The van der Waals surface area contributed by atoms with Gasteiger partial charge in [0.2, 0.25) is 5.91 Å². The molecular weight excluding hydrogens is 348 g/mol. The van der Waals surface area contributed by atoms with Crippen LogP contribution < -0.4 is 16.0 Å². The topological polar surface area (TPSA) is 83.1 Å². The van der Waals surface area contributed by atoms with Gasteiger partial charge in [0, 0.05) is 24.4 Å². The molecule has 0 aliphatic heterocycles. The molecule has 1 aliphatic rings. The minimum Gasteiger partial charge on any atom is -0.338 e. The molecule has 1 aromatic heterocycles. The predicted octanol–water partition coefficient (Wildman–Crippen LogP) is 3.24. The van der Waals surface area contributed by atoms with E-state index in [2.05, 4.69) is 20.9 Å². The Kier molecular flexibility index (Phi) is 6.60. The summed E-state index contributed by atoms with van der Waals surface area (Å²) in [6, 6.07) is 9.41. The van der Waals surface area contributed by atoms with Crippen LogP contribution in [0.25, 0.3) is 0 Å². The number of carbonyl (C=O) groups excluding carboxylic acids is 2. The van der Waals surface area contributed by atoms with E-state index in [1.54, 1.807) is 11.3 Å². The fourth-order valence-electron chi connectivity index (χ4n) is 2.89. The highest BCUT2D eigenvalue weighted by atomic mass is 32.1. The van der Waals surface area contributed by atoms with Crippen molar-refractivity contribution in [3.05, 3.63) is 46.5 Å². The van der Waals surface area contributed by atoms with Gasteiger partial charge in [0.15, 0.2) is 5.13 Å². The zero-order valence-electron chi connectivity index (χ0n) is 14.7. The van der Waals surface area contributed by atoms with Crippen molar-refractivity contribution >= 4 is 28.4 Å². The second kappa shape index (κ2) is 9.33. The third-order valence-electron chi connectivity index (χ3n) is 4.28. The van der Waals surface area contributed by atoms with Crippen molar-refractivity contribution in [1.29, 1.82) is 0 Å². The molecule has 0 spiro atoms. The molecule has 2 aromatic rings. The third kappa shape index (κ3) is 5.56. The first-order valence-electron chi connectivity index (χ1n) is 9.05. The summed E-state index contributed by atoms with van der Waals surface area (Å²) in [4.78, 5) is 29.6. The third-order valence-corrected chi connectivity index (χ3v) is 5.35.